The van der Waals surface area contributed by atoms with E-state index in [1.54, 1.807) is 0 Å². The molecule has 5 nitrogen and oxygen atoms in total. The Morgan fingerprint density at radius 3 is 3.00 bits per heavy atom. The van der Waals surface area contributed by atoms with E-state index in [0.29, 0.717) is 19.3 Å². The molecule has 2 aliphatic rings. The number of carbonyl (C=O) groups is 1. The van der Waals surface area contributed by atoms with E-state index in [1.165, 1.54) is 0 Å². The fraction of sp³-hybridized carbons (Fsp3) is 0.600. The van der Waals surface area contributed by atoms with Crippen LogP contribution >= 0.6 is 0 Å². The highest BCUT2D eigenvalue weighted by atomic mass is 16.5. The molecule has 1 aliphatic heterocycles. The molecular weight excluding hydrogens is 196 g/mol. The zero-order valence-corrected chi connectivity index (χ0v) is 8.27. The minimum atomic E-state index is -0.948. The zero-order chi connectivity index (χ0) is 10.4. The van der Waals surface area contributed by atoms with Crippen molar-refractivity contribution in [3.8, 4) is 0 Å². The number of fused-ring (bicyclic) bond motifs is 1. The number of ether oxygens (including phenoxy) is 1. The van der Waals surface area contributed by atoms with Gasteiger partial charge in [0.2, 0.25) is 0 Å². The first-order valence-corrected chi connectivity index (χ1v) is 5.18. The normalized spacial score (nSPS) is 20.0. The largest absolute Gasteiger partial charge is 0.476 e. The van der Waals surface area contributed by atoms with Crippen LogP contribution in [0.3, 0.4) is 0 Å². The second-order valence-electron chi connectivity index (χ2n) is 4.06. The number of aromatic carboxylic acids is 1. The average molecular weight is 208 g/mol. The highest BCUT2D eigenvalue weighted by Gasteiger charge is 2.32. The topological polar surface area (TPSA) is 64.3 Å². The average Bonchev–Trinajstić information content (AvgIpc) is 2.99. The third-order valence-corrected chi connectivity index (χ3v) is 2.94. The lowest BCUT2D eigenvalue weighted by molar-refractivity contribution is 0.0677. The van der Waals surface area contributed by atoms with Crippen LogP contribution in [0.15, 0.2) is 0 Å². The van der Waals surface area contributed by atoms with Crippen molar-refractivity contribution >= 4 is 5.97 Å². The van der Waals surface area contributed by atoms with Gasteiger partial charge in [0.1, 0.15) is 0 Å². The van der Waals surface area contributed by atoms with E-state index < -0.39 is 5.97 Å². The van der Waals surface area contributed by atoms with Crippen LogP contribution < -0.4 is 0 Å². The lowest BCUT2D eigenvalue weighted by Crippen LogP contribution is -2.13. The molecule has 2 heterocycles. The van der Waals surface area contributed by atoms with Gasteiger partial charge in [-0.25, -0.2) is 4.79 Å². The Morgan fingerprint density at radius 1 is 1.53 bits per heavy atom. The summed E-state index contributed by atoms with van der Waals surface area (Å²) >= 11 is 0. The third-order valence-electron chi connectivity index (χ3n) is 2.94. The Hall–Kier alpha value is -1.36. The molecule has 1 aromatic rings. The summed E-state index contributed by atoms with van der Waals surface area (Å²) in [5, 5.41) is 13.2. The highest BCUT2D eigenvalue weighted by molar-refractivity contribution is 5.87. The summed E-state index contributed by atoms with van der Waals surface area (Å²) in [6, 6.07) is 0.435. The van der Waals surface area contributed by atoms with Crippen LogP contribution in [0.25, 0.3) is 0 Å². The summed E-state index contributed by atoms with van der Waals surface area (Å²) in [5.74, 6) is -0.948. The molecule has 1 aromatic heterocycles. The van der Waals surface area contributed by atoms with Crippen molar-refractivity contribution < 1.29 is 14.6 Å². The number of rotatable bonds is 2. The van der Waals surface area contributed by atoms with Crippen LogP contribution in [0.2, 0.25) is 0 Å². The van der Waals surface area contributed by atoms with Crippen molar-refractivity contribution in [2.24, 2.45) is 0 Å². The summed E-state index contributed by atoms with van der Waals surface area (Å²) in [4.78, 5) is 11.0. The maximum Gasteiger partial charge on any atom is 0.356 e. The molecule has 0 unspecified atom stereocenters. The monoisotopic (exact) mass is 208 g/mol. The van der Waals surface area contributed by atoms with E-state index in [9.17, 15) is 4.79 Å². The number of aromatic nitrogens is 2. The van der Waals surface area contributed by atoms with E-state index in [-0.39, 0.29) is 5.69 Å². The van der Waals surface area contributed by atoms with Gasteiger partial charge in [0, 0.05) is 17.7 Å². The van der Waals surface area contributed by atoms with E-state index in [1.807, 2.05) is 4.68 Å². The van der Waals surface area contributed by atoms with Gasteiger partial charge in [0.05, 0.1) is 19.3 Å². The van der Waals surface area contributed by atoms with E-state index in [0.717, 1.165) is 30.5 Å². The molecular formula is C10H12N2O3. The number of hydrogen-bond donors (Lipinski definition) is 1. The molecule has 0 bridgehead atoms. The lowest BCUT2D eigenvalue weighted by atomic mass is 10.1. The van der Waals surface area contributed by atoms with Gasteiger partial charge in [-0.2, -0.15) is 5.10 Å². The second-order valence-corrected chi connectivity index (χ2v) is 4.06. The predicted octanol–water partition coefficient (Wildman–Crippen LogP) is 0.989. The Kier molecular flexibility index (Phi) is 1.82. The summed E-state index contributed by atoms with van der Waals surface area (Å²) in [6.07, 6.45) is 3.02. The van der Waals surface area contributed by atoms with Crippen molar-refractivity contribution in [2.75, 3.05) is 6.61 Å². The standard InChI is InChI=1S/C10H12N2O3/c13-10(14)9-7-5-15-4-3-8(7)12(11-9)6-1-2-6/h6H,1-5H2,(H,13,14). The number of hydrogen-bond acceptors (Lipinski definition) is 3. The third kappa shape index (κ3) is 1.34. The van der Waals surface area contributed by atoms with Crippen LogP contribution in [0, 0.1) is 0 Å². The molecule has 0 atom stereocenters. The summed E-state index contributed by atoms with van der Waals surface area (Å²) < 4.78 is 7.19. The lowest BCUT2D eigenvalue weighted by Gasteiger charge is -2.14. The molecule has 80 valence electrons. The fourth-order valence-electron chi connectivity index (χ4n) is 2.06. The first-order valence-electron chi connectivity index (χ1n) is 5.18. The van der Waals surface area contributed by atoms with E-state index in [4.69, 9.17) is 9.84 Å². The Bertz CT molecular complexity index is 421. The first-order chi connectivity index (χ1) is 7.27. The molecule has 5 heteroatoms. The van der Waals surface area contributed by atoms with Crippen molar-refractivity contribution in [1.82, 2.24) is 9.78 Å². The van der Waals surface area contributed by atoms with Crippen molar-refractivity contribution in [3.63, 3.8) is 0 Å². The maximum absolute atomic E-state index is 11.0. The molecule has 0 aromatic carbocycles. The molecule has 0 saturated heterocycles. The van der Waals surface area contributed by atoms with Gasteiger partial charge in [-0.1, -0.05) is 0 Å². The number of carboxylic acid groups (broad SMARTS) is 1. The Balaban J connectivity index is 2.11. The maximum atomic E-state index is 11.0. The second kappa shape index (κ2) is 3.06. The number of carboxylic acids is 1. The van der Waals surface area contributed by atoms with Gasteiger partial charge in [0.25, 0.3) is 0 Å². The van der Waals surface area contributed by atoms with Gasteiger partial charge in [-0.15, -0.1) is 0 Å². The SMILES string of the molecule is O=C(O)c1nn(C2CC2)c2c1COCC2. The highest BCUT2D eigenvalue weighted by Crippen LogP contribution is 2.37. The van der Waals surface area contributed by atoms with Gasteiger partial charge in [0.15, 0.2) is 5.69 Å². The van der Waals surface area contributed by atoms with Crippen molar-refractivity contribution in [2.45, 2.75) is 31.9 Å². The molecule has 0 radical (unpaired) electrons. The minimum absolute atomic E-state index is 0.177. The Morgan fingerprint density at radius 2 is 2.33 bits per heavy atom. The Labute approximate surface area is 86.7 Å². The molecule has 0 spiro atoms. The minimum Gasteiger partial charge on any atom is -0.476 e. The molecule has 1 fully saturated rings. The van der Waals surface area contributed by atoms with Gasteiger partial charge < -0.3 is 9.84 Å². The smallest absolute Gasteiger partial charge is 0.356 e. The van der Waals surface area contributed by atoms with Gasteiger partial charge in [-0.05, 0) is 12.8 Å². The molecule has 1 aliphatic carbocycles. The molecule has 3 rings (SSSR count). The molecule has 1 N–H and O–H groups in total. The quantitative estimate of drug-likeness (QED) is 0.787. The van der Waals surface area contributed by atoms with Crippen LogP contribution in [0.1, 0.15) is 40.6 Å². The van der Waals surface area contributed by atoms with Gasteiger partial charge >= 0.3 is 5.97 Å². The van der Waals surface area contributed by atoms with E-state index in [2.05, 4.69) is 5.10 Å². The predicted molar refractivity (Wildman–Crippen MR) is 50.8 cm³/mol. The summed E-state index contributed by atoms with van der Waals surface area (Å²) in [5.41, 5.74) is 2.03. The van der Waals surface area contributed by atoms with Crippen molar-refractivity contribution in [3.05, 3.63) is 17.0 Å². The van der Waals surface area contributed by atoms with Crippen LogP contribution in [0.4, 0.5) is 0 Å². The molecule has 15 heavy (non-hydrogen) atoms. The van der Waals surface area contributed by atoms with E-state index >= 15 is 0 Å². The van der Waals surface area contributed by atoms with Crippen molar-refractivity contribution in [1.29, 1.82) is 0 Å². The fourth-order valence-corrected chi connectivity index (χ4v) is 2.06. The van der Waals surface area contributed by atoms with Crippen LogP contribution in [0.5, 0.6) is 0 Å². The van der Waals surface area contributed by atoms with Gasteiger partial charge in [-0.3, -0.25) is 4.68 Å². The van der Waals surface area contributed by atoms with Crippen LogP contribution in [-0.2, 0) is 17.8 Å². The zero-order valence-electron chi connectivity index (χ0n) is 8.27. The number of nitrogens with zero attached hydrogens (tertiary/aromatic N) is 2. The molecule has 1 saturated carbocycles. The first kappa shape index (κ1) is 8.91. The summed E-state index contributed by atoms with van der Waals surface area (Å²) in [7, 11) is 0. The molecule has 0 amide bonds. The van der Waals surface area contributed by atoms with Crippen LogP contribution in [-0.4, -0.2) is 27.5 Å². The summed E-state index contributed by atoms with van der Waals surface area (Å²) in [6.45, 7) is 1.06.